The SMILES string of the molecule is CCCCc1ccc(N(C(=O)c2cc([N+](=O)[O-])ccc2Cl)S(=O)(=O)c2ccccc2)cc1. The fourth-order valence-corrected chi connectivity index (χ4v) is 4.77. The van der Waals surface area contributed by atoms with Crippen LogP contribution in [0.4, 0.5) is 11.4 Å². The third-order valence-electron chi connectivity index (χ3n) is 4.85. The summed E-state index contributed by atoms with van der Waals surface area (Å²) in [5.74, 6) is -0.983. The molecule has 0 aliphatic heterocycles. The minimum absolute atomic E-state index is 0.0894. The zero-order valence-corrected chi connectivity index (χ0v) is 18.8. The fraction of sp³-hybridized carbons (Fsp3) is 0.174. The van der Waals surface area contributed by atoms with E-state index in [9.17, 15) is 23.3 Å². The highest BCUT2D eigenvalue weighted by Crippen LogP contribution is 2.30. The Morgan fingerprint density at radius 1 is 1.03 bits per heavy atom. The van der Waals surface area contributed by atoms with E-state index in [0.29, 0.717) is 4.31 Å². The molecule has 0 saturated carbocycles. The van der Waals surface area contributed by atoms with Gasteiger partial charge in [0.05, 0.1) is 26.1 Å². The van der Waals surface area contributed by atoms with Crippen LogP contribution in [0.25, 0.3) is 0 Å². The van der Waals surface area contributed by atoms with Gasteiger partial charge in [0, 0.05) is 12.1 Å². The number of hydrogen-bond donors (Lipinski definition) is 0. The largest absolute Gasteiger partial charge is 0.274 e. The number of nitrogens with zero attached hydrogens (tertiary/aromatic N) is 2. The molecule has 0 N–H and O–H groups in total. The Balaban J connectivity index is 2.14. The summed E-state index contributed by atoms with van der Waals surface area (Å²) in [6.45, 7) is 2.07. The fourth-order valence-electron chi connectivity index (χ4n) is 3.14. The van der Waals surface area contributed by atoms with Crippen LogP contribution < -0.4 is 4.31 Å². The Morgan fingerprint density at radius 2 is 1.69 bits per heavy atom. The average Bonchev–Trinajstić information content (AvgIpc) is 2.79. The van der Waals surface area contributed by atoms with Gasteiger partial charge >= 0.3 is 0 Å². The molecule has 0 aromatic heterocycles. The van der Waals surface area contributed by atoms with Crippen LogP contribution in [0.15, 0.2) is 77.7 Å². The van der Waals surface area contributed by atoms with Crippen LogP contribution in [0.1, 0.15) is 35.7 Å². The predicted octanol–water partition coefficient (Wildman–Crippen LogP) is 5.63. The van der Waals surface area contributed by atoms with E-state index < -0.39 is 20.9 Å². The third kappa shape index (κ3) is 4.98. The zero-order valence-electron chi connectivity index (χ0n) is 17.3. The lowest BCUT2D eigenvalue weighted by Gasteiger charge is -2.23. The Labute approximate surface area is 191 Å². The van der Waals surface area contributed by atoms with E-state index >= 15 is 0 Å². The number of carbonyl (C=O) groups is 1. The highest BCUT2D eigenvalue weighted by atomic mass is 35.5. The smallest absolute Gasteiger partial charge is 0.268 e. The quantitative estimate of drug-likeness (QED) is 0.312. The first-order valence-corrected chi connectivity index (χ1v) is 11.7. The van der Waals surface area contributed by atoms with E-state index in [2.05, 4.69) is 6.92 Å². The van der Waals surface area contributed by atoms with Crippen LogP contribution in [0.2, 0.25) is 5.02 Å². The van der Waals surface area contributed by atoms with E-state index in [4.69, 9.17) is 11.6 Å². The van der Waals surface area contributed by atoms with Gasteiger partial charge in [-0.2, -0.15) is 4.31 Å². The molecule has 1 amide bonds. The van der Waals surface area contributed by atoms with Gasteiger partial charge in [-0.05, 0) is 48.7 Å². The predicted molar refractivity (Wildman–Crippen MR) is 124 cm³/mol. The number of aryl methyl sites for hydroxylation is 1. The minimum atomic E-state index is -4.33. The van der Waals surface area contributed by atoms with Crippen LogP contribution in [0, 0.1) is 10.1 Å². The lowest BCUT2D eigenvalue weighted by atomic mass is 10.1. The number of sulfonamides is 1. The molecule has 32 heavy (non-hydrogen) atoms. The van der Waals surface area contributed by atoms with E-state index in [0.717, 1.165) is 37.0 Å². The van der Waals surface area contributed by atoms with Gasteiger partial charge in [0.15, 0.2) is 0 Å². The van der Waals surface area contributed by atoms with Gasteiger partial charge in [0.1, 0.15) is 0 Å². The molecule has 0 fully saturated rings. The van der Waals surface area contributed by atoms with Crippen LogP contribution >= 0.6 is 11.6 Å². The number of nitro benzene ring substituents is 1. The molecular formula is C23H21ClN2O5S. The summed E-state index contributed by atoms with van der Waals surface area (Å²) in [7, 11) is -4.33. The Morgan fingerprint density at radius 3 is 2.28 bits per heavy atom. The van der Waals surface area contributed by atoms with Gasteiger partial charge in [0.25, 0.3) is 21.6 Å². The highest BCUT2D eigenvalue weighted by molar-refractivity contribution is 7.93. The third-order valence-corrected chi connectivity index (χ3v) is 6.90. The van der Waals surface area contributed by atoms with Gasteiger partial charge in [-0.1, -0.05) is 55.3 Å². The summed E-state index contributed by atoms with van der Waals surface area (Å²) in [5, 5.41) is 11.1. The summed E-state index contributed by atoms with van der Waals surface area (Å²) in [6.07, 6.45) is 2.82. The molecule has 166 valence electrons. The molecule has 7 nitrogen and oxygen atoms in total. The summed E-state index contributed by atoms with van der Waals surface area (Å²) in [4.78, 5) is 23.9. The Bertz CT molecular complexity index is 1230. The Kier molecular flexibility index (Phi) is 7.27. The van der Waals surface area contributed by atoms with Crippen LogP contribution in [0.5, 0.6) is 0 Å². The van der Waals surface area contributed by atoms with Crippen molar-refractivity contribution in [2.24, 2.45) is 0 Å². The number of halogens is 1. The first-order chi connectivity index (χ1) is 15.3. The maximum Gasteiger partial charge on any atom is 0.274 e. The molecule has 0 atom stereocenters. The Hall–Kier alpha value is -3.23. The van der Waals surface area contributed by atoms with E-state index in [1.54, 1.807) is 42.5 Å². The van der Waals surface area contributed by atoms with Crippen molar-refractivity contribution < 1.29 is 18.1 Å². The molecule has 3 rings (SSSR count). The topological polar surface area (TPSA) is 97.6 Å². The molecule has 0 unspecified atom stereocenters. The first kappa shape index (κ1) is 23.4. The first-order valence-electron chi connectivity index (χ1n) is 9.93. The van der Waals surface area contributed by atoms with Crippen molar-refractivity contribution >= 4 is 38.9 Å². The number of amides is 1. The average molecular weight is 473 g/mol. The molecule has 0 heterocycles. The van der Waals surface area contributed by atoms with E-state index in [1.807, 2.05) is 0 Å². The van der Waals surface area contributed by atoms with E-state index in [1.165, 1.54) is 18.2 Å². The molecular weight excluding hydrogens is 452 g/mol. The van der Waals surface area contributed by atoms with Crippen molar-refractivity contribution in [2.75, 3.05) is 4.31 Å². The maximum atomic E-state index is 13.5. The van der Waals surface area contributed by atoms with Crippen LogP contribution in [0.3, 0.4) is 0 Å². The van der Waals surface area contributed by atoms with Gasteiger partial charge in [-0.15, -0.1) is 0 Å². The minimum Gasteiger partial charge on any atom is -0.268 e. The number of benzene rings is 3. The monoisotopic (exact) mass is 472 g/mol. The number of carbonyl (C=O) groups excluding carboxylic acids is 1. The van der Waals surface area contributed by atoms with Gasteiger partial charge in [-0.25, -0.2) is 8.42 Å². The zero-order chi connectivity index (χ0) is 23.3. The molecule has 9 heteroatoms. The van der Waals surface area contributed by atoms with Crippen molar-refractivity contribution in [1.82, 2.24) is 0 Å². The van der Waals surface area contributed by atoms with Crippen molar-refractivity contribution in [1.29, 1.82) is 0 Å². The second kappa shape index (κ2) is 9.93. The number of nitro groups is 1. The number of unbranched alkanes of at least 4 members (excludes halogenated alkanes) is 1. The van der Waals surface area contributed by atoms with E-state index in [-0.39, 0.29) is 26.9 Å². The van der Waals surface area contributed by atoms with Crippen molar-refractivity contribution in [3.05, 3.63) is 99.1 Å². The summed E-state index contributed by atoms with van der Waals surface area (Å²) in [5.41, 5.74) is 0.468. The second-order valence-electron chi connectivity index (χ2n) is 7.08. The number of anilines is 1. The molecule has 0 aliphatic carbocycles. The molecule has 0 bridgehead atoms. The second-order valence-corrected chi connectivity index (χ2v) is 9.27. The number of hydrogen-bond acceptors (Lipinski definition) is 5. The number of non-ortho nitro benzene ring substituents is 1. The molecule has 0 aliphatic rings. The molecule has 3 aromatic carbocycles. The summed E-state index contributed by atoms with van der Waals surface area (Å²) >= 11 is 6.14. The van der Waals surface area contributed by atoms with Crippen molar-refractivity contribution in [3.63, 3.8) is 0 Å². The standard InChI is InChI=1S/C23H21ClN2O5S/c1-2-3-7-17-10-12-18(13-11-17)25(32(30,31)20-8-5-4-6-9-20)23(27)21-16-19(26(28)29)14-15-22(21)24/h4-6,8-16H,2-3,7H2,1H3. The van der Waals surface area contributed by atoms with Crippen molar-refractivity contribution in [3.8, 4) is 0 Å². The maximum absolute atomic E-state index is 13.5. The number of rotatable bonds is 8. The van der Waals surface area contributed by atoms with Gasteiger partial charge < -0.3 is 0 Å². The molecule has 0 radical (unpaired) electrons. The molecule has 0 spiro atoms. The van der Waals surface area contributed by atoms with Gasteiger partial charge in [0.2, 0.25) is 0 Å². The lowest BCUT2D eigenvalue weighted by Crippen LogP contribution is -2.37. The van der Waals surface area contributed by atoms with Crippen LogP contribution in [-0.4, -0.2) is 19.2 Å². The summed E-state index contributed by atoms with van der Waals surface area (Å²) in [6, 6.07) is 17.5. The van der Waals surface area contributed by atoms with Gasteiger partial charge in [-0.3, -0.25) is 14.9 Å². The normalized spacial score (nSPS) is 11.2. The van der Waals surface area contributed by atoms with Crippen LogP contribution in [-0.2, 0) is 16.4 Å². The molecule has 3 aromatic rings. The highest BCUT2D eigenvalue weighted by Gasteiger charge is 2.33. The summed E-state index contributed by atoms with van der Waals surface area (Å²) < 4.78 is 27.6. The van der Waals surface area contributed by atoms with Crippen molar-refractivity contribution in [2.45, 2.75) is 31.1 Å². The molecule has 0 saturated heterocycles. The lowest BCUT2D eigenvalue weighted by molar-refractivity contribution is -0.384.